The van der Waals surface area contributed by atoms with Gasteiger partial charge in [0, 0.05) is 11.3 Å². The highest BCUT2D eigenvalue weighted by atomic mass is 32.2. The summed E-state index contributed by atoms with van der Waals surface area (Å²) in [6.45, 7) is 4.72. The SMILES string of the molecule is Cc1cccc(CNS(=O)(=O)c2c(C)oc(C)c2CO)n1. The first-order chi connectivity index (χ1) is 9.85. The molecule has 0 amide bonds. The van der Waals surface area contributed by atoms with Crippen LogP contribution in [0.3, 0.4) is 0 Å². The molecule has 0 unspecified atom stereocenters. The third-order valence-corrected chi connectivity index (χ3v) is 4.74. The van der Waals surface area contributed by atoms with Crippen molar-refractivity contribution in [3.63, 3.8) is 0 Å². The molecule has 2 aromatic heterocycles. The molecule has 2 rings (SSSR count). The maximum Gasteiger partial charge on any atom is 0.244 e. The molecule has 0 fully saturated rings. The number of aliphatic hydroxyl groups excluding tert-OH is 1. The summed E-state index contributed by atoms with van der Waals surface area (Å²) in [5.41, 5.74) is 1.73. The van der Waals surface area contributed by atoms with Crippen molar-refractivity contribution in [2.75, 3.05) is 0 Å². The van der Waals surface area contributed by atoms with Crippen molar-refractivity contribution < 1.29 is 17.9 Å². The summed E-state index contributed by atoms with van der Waals surface area (Å²) >= 11 is 0. The lowest BCUT2D eigenvalue weighted by molar-refractivity contribution is 0.276. The van der Waals surface area contributed by atoms with E-state index in [2.05, 4.69) is 9.71 Å². The normalized spacial score (nSPS) is 11.8. The van der Waals surface area contributed by atoms with Gasteiger partial charge in [-0.25, -0.2) is 13.1 Å². The van der Waals surface area contributed by atoms with E-state index in [1.165, 1.54) is 0 Å². The van der Waals surface area contributed by atoms with Gasteiger partial charge >= 0.3 is 0 Å². The Bertz CT molecular complexity index is 750. The number of aliphatic hydroxyl groups is 1. The summed E-state index contributed by atoms with van der Waals surface area (Å²) in [6, 6.07) is 5.40. The number of nitrogens with one attached hydrogen (secondary N) is 1. The Hall–Kier alpha value is -1.70. The Labute approximate surface area is 123 Å². The number of hydrogen-bond donors (Lipinski definition) is 2. The van der Waals surface area contributed by atoms with Crippen molar-refractivity contribution in [1.29, 1.82) is 0 Å². The minimum absolute atomic E-state index is 0.00940. The van der Waals surface area contributed by atoms with Crippen LogP contribution in [0, 0.1) is 20.8 Å². The number of hydrogen-bond acceptors (Lipinski definition) is 5. The van der Waals surface area contributed by atoms with Crippen molar-refractivity contribution in [1.82, 2.24) is 9.71 Å². The van der Waals surface area contributed by atoms with Crippen LogP contribution in [0.15, 0.2) is 27.5 Å². The van der Waals surface area contributed by atoms with Crippen molar-refractivity contribution >= 4 is 10.0 Å². The highest BCUT2D eigenvalue weighted by Gasteiger charge is 2.26. The van der Waals surface area contributed by atoms with Crippen molar-refractivity contribution in [3.8, 4) is 0 Å². The number of furan rings is 1. The molecule has 0 aliphatic rings. The van der Waals surface area contributed by atoms with E-state index in [0.717, 1.165) is 5.69 Å². The van der Waals surface area contributed by atoms with Gasteiger partial charge in [0.15, 0.2) is 0 Å². The molecule has 0 radical (unpaired) electrons. The molecule has 114 valence electrons. The maximum atomic E-state index is 12.4. The number of rotatable bonds is 5. The Morgan fingerprint density at radius 1 is 1.24 bits per heavy atom. The Balaban J connectivity index is 2.27. The van der Waals surface area contributed by atoms with E-state index < -0.39 is 10.0 Å². The van der Waals surface area contributed by atoms with Crippen LogP contribution in [-0.4, -0.2) is 18.5 Å². The third kappa shape index (κ3) is 3.31. The van der Waals surface area contributed by atoms with Crippen LogP contribution >= 0.6 is 0 Å². The summed E-state index contributed by atoms with van der Waals surface area (Å²) in [5.74, 6) is 0.672. The van der Waals surface area contributed by atoms with Gasteiger partial charge in [-0.15, -0.1) is 0 Å². The maximum absolute atomic E-state index is 12.4. The second-order valence-corrected chi connectivity index (χ2v) is 6.48. The lowest BCUT2D eigenvalue weighted by Crippen LogP contribution is -2.25. The number of nitrogens with zero attached hydrogens (tertiary/aromatic N) is 1. The predicted molar refractivity (Wildman–Crippen MR) is 77.1 cm³/mol. The zero-order valence-electron chi connectivity index (χ0n) is 12.2. The van der Waals surface area contributed by atoms with Crippen LogP contribution in [0.1, 0.15) is 28.5 Å². The number of aryl methyl sites for hydroxylation is 3. The topological polar surface area (TPSA) is 92.4 Å². The van der Waals surface area contributed by atoms with Crippen LogP contribution in [-0.2, 0) is 23.2 Å². The molecular formula is C14H18N2O4S. The summed E-state index contributed by atoms with van der Waals surface area (Å²) in [6.07, 6.45) is 0. The van der Waals surface area contributed by atoms with E-state index in [4.69, 9.17) is 4.42 Å². The quantitative estimate of drug-likeness (QED) is 0.874. The van der Waals surface area contributed by atoms with Crippen LogP contribution in [0.25, 0.3) is 0 Å². The smallest absolute Gasteiger partial charge is 0.244 e. The second-order valence-electron chi connectivity index (χ2n) is 4.78. The fraction of sp³-hybridized carbons (Fsp3) is 0.357. The minimum Gasteiger partial charge on any atom is -0.465 e. The van der Waals surface area contributed by atoms with E-state index in [0.29, 0.717) is 11.5 Å². The molecule has 0 atom stereocenters. The largest absolute Gasteiger partial charge is 0.465 e. The summed E-state index contributed by atoms with van der Waals surface area (Å²) in [7, 11) is -3.77. The zero-order valence-corrected chi connectivity index (χ0v) is 13.0. The minimum atomic E-state index is -3.77. The molecule has 0 spiro atoms. The third-order valence-electron chi connectivity index (χ3n) is 3.14. The molecule has 0 aliphatic heterocycles. The average molecular weight is 310 g/mol. The number of sulfonamides is 1. The van der Waals surface area contributed by atoms with E-state index >= 15 is 0 Å². The zero-order chi connectivity index (χ0) is 15.6. The molecule has 2 heterocycles. The monoisotopic (exact) mass is 310 g/mol. The Morgan fingerprint density at radius 2 is 1.95 bits per heavy atom. The van der Waals surface area contributed by atoms with Crippen LogP contribution in [0.5, 0.6) is 0 Å². The molecule has 2 N–H and O–H groups in total. The molecule has 6 nitrogen and oxygen atoms in total. The molecule has 21 heavy (non-hydrogen) atoms. The Kier molecular flexibility index (Phi) is 4.46. The molecule has 0 saturated carbocycles. The first kappa shape index (κ1) is 15.7. The van der Waals surface area contributed by atoms with Gasteiger partial charge in [0.2, 0.25) is 10.0 Å². The van der Waals surface area contributed by atoms with Crippen LogP contribution in [0.4, 0.5) is 0 Å². The highest BCUT2D eigenvalue weighted by molar-refractivity contribution is 7.89. The van der Waals surface area contributed by atoms with Gasteiger partial charge in [-0.2, -0.15) is 0 Å². The standard InChI is InChI=1S/C14H18N2O4S/c1-9-5-4-6-12(16-9)7-15-21(18,19)14-11(3)20-10(2)13(14)8-17/h4-6,15,17H,7-8H2,1-3H3. The lowest BCUT2D eigenvalue weighted by atomic mass is 10.2. The molecule has 7 heteroatoms. The van der Waals surface area contributed by atoms with Gasteiger partial charge in [-0.05, 0) is 32.9 Å². The van der Waals surface area contributed by atoms with Gasteiger partial charge in [0.05, 0.1) is 18.8 Å². The second kappa shape index (κ2) is 5.97. The molecule has 0 saturated heterocycles. The molecule has 0 aromatic carbocycles. The van der Waals surface area contributed by atoms with Crippen molar-refractivity contribution in [2.24, 2.45) is 0 Å². The molecule has 0 aliphatic carbocycles. The van der Waals surface area contributed by atoms with Crippen molar-refractivity contribution in [2.45, 2.75) is 38.8 Å². The first-order valence-corrected chi connectivity index (χ1v) is 7.95. The van der Waals surface area contributed by atoms with E-state index in [-0.39, 0.29) is 29.4 Å². The van der Waals surface area contributed by atoms with Crippen molar-refractivity contribution in [3.05, 3.63) is 46.7 Å². The van der Waals surface area contributed by atoms with Crippen LogP contribution in [0.2, 0.25) is 0 Å². The Morgan fingerprint density at radius 3 is 2.57 bits per heavy atom. The lowest BCUT2D eigenvalue weighted by Gasteiger charge is -2.07. The fourth-order valence-corrected chi connectivity index (χ4v) is 3.62. The molecular weight excluding hydrogens is 292 g/mol. The van der Waals surface area contributed by atoms with E-state index in [1.807, 2.05) is 19.1 Å². The van der Waals surface area contributed by atoms with Gasteiger partial charge in [0.25, 0.3) is 0 Å². The van der Waals surface area contributed by atoms with Gasteiger partial charge < -0.3 is 9.52 Å². The van der Waals surface area contributed by atoms with E-state index in [1.54, 1.807) is 19.9 Å². The van der Waals surface area contributed by atoms with Gasteiger partial charge in [-0.3, -0.25) is 4.98 Å². The number of pyridine rings is 1. The number of aromatic nitrogens is 1. The predicted octanol–water partition coefficient (Wildman–Crippen LogP) is 1.57. The summed E-state index contributed by atoms with van der Waals surface area (Å²) in [4.78, 5) is 4.25. The van der Waals surface area contributed by atoms with Gasteiger partial charge in [-0.1, -0.05) is 6.07 Å². The molecule has 2 aromatic rings. The summed E-state index contributed by atoms with van der Waals surface area (Å²) in [5, 5.41) is 9.33. The summed E-state index contributed by atoms with van der Waals surface area (Å²) < 4.78 is 32.6. The van der Waals surface area contributed by atoms with Crippen LogP contribution < -0.4 is 4.72 Å². The average Bonchev–Trinajstić information content (AvgIpc) is 2.71. The van der Waals surface area contributed by atoms with E-state index in [9.17, 15) is 13.5 Å². The molecule has 0 bridgehead atoms. The fourth-order valence-electron chi connectivity index (χ4n) is 2.18. The van der Waals surface area contributed by atoms with Gasteiger partial charge in [0.1, 0.15) is 16.4 Å². The highest BCUT2D eigenvalue weighted by Crippen LogP contribution is 2.26. The first-order valence-electron chi connectivity index (χ1n) is 6.47.